The highest BCUT2D eigenvalue weighted by atomic mass is 32.2. The Balaban J connectivity index is 1.46. The maximum absolute atomic E-state index is 15.5. The molecule has 0 saturated heterocycles. The third-order valence-electron chi connectivity index (χ3n) is 6.01. The molecule has 4 aliphatic rings. The van der Waals surface area contributed by atoms with Gasteiger partial charge >= 0.3 is 6.18 Å². The predicted molar refractivity (Wildman–Crippen MR) is 128 cm³/mol. The van der Waals surface area contributed by atoms with Gasteiger partial charge in [0.1, 0.15) is 29.4 Å². The highest BCUT2D eigenvalue weighted by molar-refractivity contribution is 7.91. The van der Waals surface area contributed by atoms with Crippen molar-refractivity contribution < 1.29 is 22.1 Å². The summed E-state index contributed by atoms with van der Waals surface area (Å²) in [7, 11) is 0. The molecule has 34 heavy (non-hydrogen) atoms. The zero-order chi connectivity index (χ0) is 24.5. The molecule has 0 aromatic rings. The normalized spacial score (nSPS) is 26.2. The summed E-state index contributed by atoms with van der Waals surface area (Å²) in [5, 5.41) is 6.07. The third kappa shape index (κ3) is 6.01. The molecule has 3 aliphatic heterocycles. The molecule has 3 heterocycles. The Morgan fingerprint density at radius 1 is 1.29 bits per heavy atom. The zero-order valence-electron chi connectivity index (χ0n) is 19.1. The van der Waals surface area contributed by atoms with Gasteiger partial charge in [-0.25, -0.2) is 4.99 Å². The van der Waals surface area contributed by atoms with Crippen LogP contribution >= 0.6 is 0 Å². The Hall–Kier alpha value is -2.34. The van der Waals surface area contributed by atoms with Gasteiger partial charge in [0.15, 0.2) is 11.1 Å². The van der Waals surface area contributed by atoms with Crippen molar-refractivity contribution in [2.45, 2.75) is 56.2 Å². The van der Waals surface area contributed by atoms with Gasteiger partial charge in [0.2, 0.25) is 5.83 Å². The van der Waals surface area contributed by atoms with Crippen LogP contribution in [0.25, 0.3) is 0 Å². The molecule has 1 aliphatic carbocycles. The Morgan fingerprint density at radius 2 is 2.06 bits per heavy atom. The summed E-state index contributed by atoms with van der Waals surface area (Å²) in [6, 6.07) is 0.0932. The monoisotopic (exact) mass is 501 g/mol. The second kappa shape index (κ2) is 10.1. The van der Waals surface area contributed by atoms with E-state index in [4.69, 9.17) is 0 Å². The number of rotatable bonds is 7. The van der Waals surface area contributed by atoms with Gasteiger partial charge < -0.3 is 15.5 Å². The van der Waals surface area contributed by atoms with Crippen LogP contribution in [0.2, 0.25) is 0 Å². The standard InChI is InChI=1S/C22H29F4N6OS/c1-13-30-20(29-10-15-5-8-18(11-28-15)34(2)33)19(23)21(31-13)32(17-6-7-17)12-16-4-3-14(9-27-16)22(24,25)26/h5,8-9,13,17-18,29-30,33H,3-4,6-7,10-12H2,1-2H3/q+1/t13-,18?,34?/m1/s1. The molecule has 3 atom stereocenters. The number of hydrogen-bond acceptors (Lipinski definition) is 7. The van der Waals surface area contributed by atoms with Crippen LogP contribution in [0.15, 0.2) is 50.6 Å². The van der Waals surface area contributed by atoms with E-state index in [9.17, 15) is 17.7 Å². The molecule has 3 N–H and O–H groups in total. The van der Waals surface area contributed by atoms with Gasteiger partial charge in [-0.3, -0.25) is 9.98 Å². The van der Waals surface area contributed by atoms with E-state index in [0.717, 1.165) is 24.8 Å². The molecule has 2 unspecified atom stereocenters. The fraction of sp³-hybridized carbons (Fsp3) is 0.591. The van der Waals surface area contributed by atoms with E-state index in [-0.39, 0.29) is 48.5 Å². The summed E-state index contributed by atoms with van der Waals surface area (Å²) in [5.41, 5.74) is 0.703. The molecule has 4 rings (SSSR count). The molecule has 0 radical (unpaired) electrons. The molecular formula is C22H29F4N6OS+. The van der Waals surface area contributed by atoms with E-state index < -0.39 is 28.8 Å². The SMILES string of the molecule is C[C@H]1N=C(N(CC2=NC=C(C(F)(F)F)CC2)C2CC2)C(F)=C(NCC2=NCC([S+](C)O)C=C2)N1. The first-order valence-electron chi connectivity index (χ1n) is 11.2. The van der Waals surface area contributed by atoms with Crippen LogP contribution in [0.5, 0.6) is 0 Å². The number of nitrogens with one attached hydrogen (secondary N) is 2. The number of hydrogen-bond donors (Lipinski definition) is 3. The molecule has 0 spiro atoms. The van der Waals surface area contributed by atoms with Crippen molar-refractivity contribution in [2.75, 3.05) is 25.9 Å². The van der Waals surface area contributed by atoms with Crippen LogP contribution in [-0.2, 0) is 11.2 Å². The van der Waals surface area contributed by atoms with Crippen LogP contribution in [0.1, 0.15) is 32.6 Å². The van der Waals surface area contributed by atoms with Gasteiger partial charge in [0.05, 0.1) is 30.9 Å². The van der Waals surface area contributed by atoms with E-state index in [2.05, 4.69) is 25.6 Å². The van der Waals surface area contributed by atoms with Crippen LogP contribution in [0, 0.1) is 0 Å². The molecular weight excluding hydrogens is 472 g/mol. The first-order chi connectivity index (χ1) is 16.1. The molecule has 7 nitrogen and oxygen atoms in total. The first kappa shape index (κ1) is 24.8. The van der Waals surface area contributed by atoms with E-state index >= 15 is 4.39 Å². The zero-order valence-corrected chi connectivity index (χ0v) is 19.9. The van der Waals surface area contributed by atoms with Crippen molar-refractivity contribution in [3.8, 4) is 0 Å². The number of halogens is 4. The van der Waals surface area contributed by atoms with Gasteiger partial charge in [0.25, 0.3) is 0 Å². The lowest BCUT2D eigenvalue weighted by Gasteiger charge is -2.32. The van der Waals surface area contributed by atoms with Crippen molar-refractivity contribution in [3.63, 3.8) is 0 Å². The van der Waals surface area contributed by atoms with Crippen molar-refractivity contribution >= 4 is 28.4 Å². The maximum Gasteiger partial charge on any atom is 0.414 e. The highest BCUT2D eigenvalue weighted by Gasteiger charge is 2.38. The summed E-state index contributed by atoms with van der Waals surface area (Å²) in [6.45, 7) is 2.85. The van der Waals surface area contributed by atoms with Crippen LogP contribution < -0.4 is 10.6 Å². The van der Waals surface area contributed by atoms with Crippen molar-refractivity contribution in [2.24, 2.45) is 15.0 Å². The summed E-state index contributed by atoms with van der Waals surface area (Å²) in [6.07, 6.45) is 3.45. The van der Waals surface area contributed by atoms with Gasteiger partial charge in [0, 0.05) is 18.0 Å². The Bertz CT molecular complexity index is 980. The molecule has 1 fully saturated rings. The molecule has 186 valence electrons. The summed E-state index contributed by atoms with van der Waals surface area (Å²) in [4.78, 5) is 14.8. The molecule has 0 aromatic carbocycles. The van der Waals surface area contributed by atoms with Gasteiger partial charge in [-0.05, 0) is 44.8 Å². The average Bonchev–Trinajstić information content (AvgIpc) is 3.63. The second-order valence-electron chi connectivity index (χ2n) is 8.78. The molecule has 0 aromatic heterocycles. The molecule has 0 amide bonds. The number of amidine groups is 1. The Morgan fingerprint density at radius 3 is 2.62 bits per heavy atom. The van der Waals surface area contributed by atoms with Crippen molar-refractivity contribution in [1.29, 1.82) is 0 Å². The maximum atomic E-state index is 15.5. The number of aliphatic imine (C=N–C) groups is 3. The van der Waals surface area contributed by atoms with E-state index in [0.29, 0.717) is 18.8 Å². The highest BCUT2D eigenvalue weighted by Crippen LogP contribution is 2.33. The van der Waals surface area contributed by atoms with Crippen LogP contribution in [0.3, 0.4) is 0 Å². The molecule has 12 heteroatoms. The van der Waals surface area contributed by atoms with Gasteiger partial charge in [-0.15, -0.1) is 0 Å². The molecule has 1 saturated carbocycles. The van der Waals surface area contributed by atoms with Crippen molar-refractivity contribution in [1.82, 2.24) is 15.5 Å². The van der Waals surface area contributed by atoms with Crippen LogP contribution in [0.4, 0.5) is 17.6 Å². The third-order valence-corrected chi connectivity index (χ3v) is 7.19. The number of nitrogens with zero attached hydrogens (tertiary/aromatic N) is 4. The first-order valence-corrected chi connectivity index (χ1v) is 12.9. The average molecular weight is 502 g/mol. The fourth-order valence-corrected chi connectivity index (χ4v) is 4.51. The minimum atomic E-state index is -4.37. The lowest BCUT2D eigenvalue weighted by molar-refractivity contribution is -0.0941. The smallest absolute Gasteiger partial charge is 0.364 e. The largest absolute Gasteiger partial charge is 0.414 e. The minimum absolute atomic E-state index is 0.00289. The van der Waals surface area contributed by atoms with Gasteiger partial charge in [-0.2, -0.15) is 22.1 Å². The Kier molecular flexibility index (Phi) is 7.36. The summed E-state index contributed by atoms with van der Waals surface area (Å²) < 4.78 is 63.9. The fourth-order valence-electron chi connectivity index (χ4n) is 3.91. The van der Waals surface area contributed by atoms with Gasteiger partial charge in [-0.1, -0.05) is 0 Å². The summed E-state index contributed by atoms with van der Waals surface area (Å²) in [5.74, 6) is -0.124. The van der Waals surface area contributed by atoms with Crippen molar-refractivity contribution in [3.05, 3.63) is 35.6 Å². The minimum Gasteiger partial charge on any atom is -0.364 e. The Labute approximate surface area is 199 Å². The summed E-state index contributed by atoms with van der Waals surface area (Å²) >= 11 is -0.740. The number of dihydropyridines is 1. The lowest BCUT2D eigenvalue weighted by atomic mass is 10.0. The van der Waals surface area contributed by atoms with Crippen LogP contribution in [-0.4, -0.2) is 76.2 Å². The lowest BCUT2D eigenvalue weighted by Crippen LogP contribution is -2.46. The van der Waals surface area contributed by atoms with E-state index in [1.165, 1.54) is 0 Å². The number of allylic oxidation sites excluding steroid dienone is 1. The second-order valence-corrected chi connectivity index (χ2v) is 10.4. The molecule has 0 bridgehead atoms. The number of alkyl halides is 3. The van der Waals surface area contributed by atoms with E-state index in [1.807, 2.05) is 24.0 Å². The predicted octanol–water partition coefficient (Wildman–Crippen LogP) is 3.31. The quantitative estimate of drug-likeness (QED) is 0.369. The van der Waals surface area contributed by atoms with E-state index in [1.54, 1.807) is 6.26 Å². The topological polar surface area (TPSA) is 84.6 Å².